The number of benzene rings is 2. The van der Waals surface area contributed by atoms with E-state index in [1.54, 1.807) is 0 Å². The van der Waals surface area contributed by atoms with Crippen LogP contribution in [0.15, 0.2) is 77.8 Å². The van der Waals surface area contributed by atoms with Gasteiger partial charge in [-0.1, -0.05) is 60.7 Å². The molecule has 112 valence electrons. The van der Waals surface area contributed by atoms with Gasteiger partial charge in [0, 0.05) is 23.1 Å². The summed E-state index contributed by atoms with van der Waals surface area (Å²) in [5, 5.41) is 0. The molecule has 3 nitrogen and oxygen atoms in total. The van der Waals surface area contributed by atoms with Crippen molar-refractivity contribution in [2.24, 2.45) is 4.99 Å². The molecule has 1 aromatic heterocycles. The number of hydrogen-bond acceptors (Lipinski definition) is 3. The second kappa shape index (κ2) is 6.05. The molecule has 0 bridgehead atoms. The van der Waals surface area contributed by atoms with Crippen molar-refractivity contribution in [1.82, 2.24) is 4.98 Å². The molecule has 0 amide bonds. The molecular weight excluding hydrogens is 284 g/mol. The number of aliphatic imine (C=N–C) groups is 1. The van der Waals surface area contributed by atoms with Gasteiger partial charge in [-0.3, -0.25) is 0 Å². The molecule has 0 N–H and O–H groups in total. The lowest BCUT2D eigenvalue weighted by atomic mass is 10.0. The Morgan fingerprint density at radius 3 is 2.13 bits per heavy atom. The zero-order valence-electron chi connectivity index (χ0n) is 12.6. The fourth-order valence-electron chi connectivity index (χ4n) is 2.70. The maximum atomic E-state index is 5.55. The summed E-state index contributed by atoms with van der Waals surface area (Å²) in [6.45, 7) is 0.708. The Balaban J connectivity index is 1.82. The molecule has 0 saturated heterocycles. The van der Waals surface area contributed by atoms with E-state index in [4.69, 9.17) is 9.73 Å². The lowest BCUT2D eigenvalue weighted by Crippen LogP contribution is -2.02. The minimum absolute atomic E-state index is 0.674. The van der Waals surface area contributed by atoms with Crippen LogP contribution < -0.4 is 4.74 Å². The topological polar surface area (TPSA) is 34.5 Å². The first-order chi connectivity index (χ1) is 11.4. The molecule has 4 rings (SSSR count). The molecule has 3 heteroatoms. The predicted octanol–water partition coefficient (Wildman–Crippen LogP) is 4.19. The van der Waals surface area contributed by atoms with Crippen molar-refractivity contribution in [3.63, 3.8) is 0 Å². The number of fused-ring (bicyclic) bond motifs is 1. The van der Waals surface area contributed by atoms with Gasteiger partial charge in [-0.05, 0) is 12.1 Å². The molecule has 0 saturated carbocycles. The van der Waals surface area contributed by atoms with E-state index < -0.39 is 0 Å². The summed E-state index contributed by atoms with van der Waals surface area (Å²) < 4.78 is 5.55. The summed E-state index contributed by atoms with van der Waals surface area (Å²) >= 11 is 0. The standard InChI is InChI=1S/C20H16N2O/c1-3-7-15(8-4-1)19(16-9-5-2-6-10-16)21-18-12-11-17-13-14-23-20(17)22-18/h1-12H,13-14H2. The van der Waals surface area contributed by atoms with Crippen LogP contribution in [0.1, 0.15) is 16.7 Å². The van der Waals surface area contributed by atoms with E-state index in [0.29, 0.717) is 18.3 Å². The van der Waals surface area contributed by atoms with Crippen molar-refractivity contribution in [2.75, 3.05) is 6.61 Å². The Bertz CT molecular complexity index is 801. The third-order valence-corrected chi connectivity index (χ3v) is 3.86. The van der Waals surface area contributed by atoms with Crippen molar-refractivity contribution in [3.8, 4) is 5.88 Å². The van der Waals surface area contributed by atoms with Crippen molar-refractivity contribution >= 4 is 11.5 Å². The Morgan fingerprint density at radius 1 is 0.826 bits per heavy atom. The maximum absolute atomic E-state index is 5.55. The van der Waals surface area contributed by atoms with Crippen LogP contribution in [0, 0.1) is 0 Å². The second-order valence-electron chi connectivity index (χ2n) is 5.42. The van der Waals surface area contributed by atoms with Crippen molar-refractivity contribution < 1.29 is 4.74 Å². The molecule has 2 heterocycles. The SMILES string of the molecule is c1ccc(C(=Nc2ccc3c(n2)OCC3)c2ccccc2)cc1. The number of aromatic nitrogens is 1. The fourth-order valence-corrected chi connectivity index (χ4v) is 2.70. The molecule has 3 aromatic rings. The van der Waals surface area contributed by atoms with Crippen LogP contribution in [0.2, 0.25) is 0 Å². The lowest BCUT2D eigenvalue weighted by molar-refractivity contribution is 0.345. The Hall–Kier alpha value is -2.94. The van der Waals surface area contributed by atoms with Gasteiger partial charge in [-0.15, -0.1) is 0 Å². The van der Waals surface area contributed by atoms with Gasteiger partial charge in [0.1, 0.15) is 0 Å². The quantitative estimate of drug-likeness (QED) is 0.680. The average molecular weight is 300 g/mol. The second-order valence-corrected chi connectivity index (χ2v) is 5.42. The first kappa shape index (κ1) is 13.7. The molecule has 0 fully saturated rings. The van der Waals surface area contributed by atoms with Crippen molar-refractivity contribution in [2.45, 2.75) is 6.42 Å². The normalized spacial score (nSPS) is 12.3. The van der Waals surface area contributed by atoms with E-state index >= 15 is 0 Å². The van der Waals surface area contributed by atoms with Gasteiger partial charge >= 0.3 is 0 Å². The molecule has 0 unspecified atom stereocenters. The van der Waals surface area contributed by atoms with E-state index in [0.717, 1.165) is 28.8 Å². The predicted molar refractivity (Wildman–Crippen MR) is 91.6 cm³/mol. The fraction of sp³-hybridized carbons (Fsp3) is 0.100. The number of rotatable bonds is 3. The summed E-state index contributed by atoms with van der Waals surface area (Å²) in [4.78, 5) is 9.34. The summed E-state index contributed by atoms with van der Waals surface area (Å²) in [5.41, 5.74) is 4.21. The molecule has 0 radical (unpaired) electrons. The zero-order chi connectivity index (χ0) is 15.5. The van der Waals surface area contributed by atoms with Gasteiger partial charge in [0.25, 0.3) is 0 Å². The van der Waals surface area contributed by atoms with Gasteiger partial charge in [-0.2, -0.15) is 4.98 Å². The summed E-state index contributed by atoms with van der Waals surface area (Å²) in [6.07, 6.45) is 0.927. The van der Waals surface area contributed by atoms with Crippen LogP contribution in [-0.2, 0) is 6.42 Å². The Morgan fingerprint density at radius 2 is 1.48 bits per heavy atom. The molecule has 0 spiro atoms. The lowest BCUT2D eigenvalue weighted by Gasteiger charge is -2.08. The highest BCUT2D eigenvalue weighted by Gasteiger charge is 2.14. The van der Waals surface area contributed by atoms with Crippen LogP contribution in [-0.4, -0.2) is 17.3 Å². The molecule has 23 heavy (non-hydrogen) atoms. The molecule has 0 aliphatic carbocycles. The number of hydrogen-bond donors (Lipinski definition) is 0. The monoisotopic (exact) mass is 300 g/mol. The first-order valence-corrected chi connectivity index (χ1v) is 7.72. The van der Waals surface area contributed by atoms with Gasteiger partial charge in [-0.25, -0.2) is 4.99 Å². The third-order valence-electron chi connectivity index (χ3n) is 3.86. The summed E-state index contributed by atoms with van der Waals surface area (Å²) in [6, 6.07) is 24.4. The average Bonchev–Trinajstić information content (AvgIpc) is 3.09. The highest BCUT2D eigenvalue weighted by Crippen LogP contribution is 2.26. The van der Waals surface area contributed by atoms with Crippen LogP contribution in [0.25, 0.3) is 0 Å². The maximum Gasteiger partial charge on any atom is 0.218 e. The zero-order valence-corrected chi connectivity index (χ0v) is 12.6. The molecule has 0 atom stereocenters. The number of ether oxygens (including phenoxy) is 1. The molecule has 1 aliphatic heterocycles. The number of nitrogens with zero attached hydrogens (tertiary/aromatic N) is 2. The van der Waals surface area contributed by atoms with Crippen molar-refractivity contribution in [1.29, 1.82) is 0 Å². The largest absolute Gasteiger partial charge is 0.477 e. The van der Waals surface area contributed by atoms with Gasteiger partial charge in [0.2, 0.25) is 5.88 Å². The first-order valence-electron chi connectivity index (χ1n) is 7.72. The summed E-state index contributed by atoms with van der Waals surface area (Å²) in [5.74, 6) is 1.39. The minimum Gasteiger partial charge on any atom is -0.477 e. The Kier molecular flexibility index (Phi) is 3.60. The van der Waals surface area contributed by atoms with Gasteiger partial charge < -0.3 is 4.74 Å². The minimum atomic E-state index is 0.674. The number of pyridine rings is 1. The van der Waals surface area contributed by atoms with Gasteiger partial charge in [0.05, 0.1) is 12.3 Å². The van der Waals surface area contributed by atoms with E-state index in [9.17, 15) is 0 Å². The third kappa shape index (κ3) is 2.86. The van der Waals surface area contributed by atoms with Crippen LogP contribution in [0.4, 0.5) is 5.82 Å². The van der Waals surface area contributed by atoms with Crippen LogP contribution in [0.5, 0.6) is 5.88 Å². The molecular formula is C20H16N2O. The highest BCUT2D eigenvalue weighted by molar-refractivity contribution is 6.13. The summed E-state index contributed by atoms with van der Waals surface area (Å²) in [7, 11) is 0. The van der Waals surface area contributed by atoms with Gasteiger partial charge in [0.15, 0.2) is 5.82 Å². The van der Waals surface area contributed by atoms with Crippen LogP contribution in [0.3, 0.4) is 0 Å². The van der Waals surface area contributed by atoms with Crippen LogP contribution >= 0.6 is 0 Å². The van der Waals surface area contributed by atoms with Crippen molar-refractivity contribution in [3.05, 3.63) is 89.5 Å². The van der Waals surface area contributed by atoms with E-state index in [2.05, 4.69) is 35.3 Å². The molecule has 2 aromatic carbocycles. The highest BCUT2D eigenvalue weighted by atomic mass is 16.5. The van der Waals surface area contributed by atoms with E-state index in [1.807, 2.05) is 42.5 Å². The van der Waals surface area contributed by atoms with E-state index in [-0.39, 0.29) is 0 Å². The molecule has 1 aliphatic rings. The van der Waals surface area contributed by atoms with E-state index in [1.165, 1.54) is 0 Å². The Labute approximate surface area is 135 Å². The smallest absolute Gasteiger partial charge is 0.218 e.